The quantitative estimate of drug-likeness (QED) is 0.318. The number of aliphatic hydroxyl groups is 1. The summed E-state index contributed by atoms with van der Waals surface area (Å²) in [6.07, 6.45) is 6.47. The molecule has 200 valence electrons. The zero-order chi connectivity index (χ0) is 27.2. The van der Waals surface area contributed by atoms with E-state index in [0.29, 0.717) is 29.9 Å². The van der Waals surface area contributed by atoms with Crippen molar-refractivity contribution in [3.05, 3.63) is 76.1 Å². The Hall–Kier alpha value is -4.27. The maximum atomic E-state index is 13.2. The number of allylic oxidation sites excluding steroid dienone is 1. The Bertz CT molecular complexity index is 1300. The molecule has 1 fully saturated rings. The molecule has 5 N–H and O–H groups in total. The molecule has 9 nitrogen and oxygen atoms in total. The average molecular weight is 522 g/mol. The van der Waals surface area contributed by atoms with Crippen LogP contribution in [0.1, 0.15) is 66.4 Å². The number of carboxylic acids is 1. The maximum absolute atomic E-state index is 13.2. The van der Waals surface area contributed by atoms with Crippen molar-refractivity contribution in [2.24, 2.45) is 5.73 Å². The molecule has 0 unspecified atom stereocenters. The van der Waals surface area contributed by atoms with E-state index in [1.165, 1.54) is 18.2 Å². The average Bonchev–Trinajstić information content (AvgIpc) is 3.39. The van der Waals surface area contributed by atoms with Crippen molar-refractivity contribution < 1.29 is 39.2 Å². The minimum atomic E-state index is -0.993. The van der Waals surface area contributed by atoms with E-state index in [-0.39, 0.29) is 53.8 Å². The largest absolute Gasteiger partial charge is 0.507 e. The molecule has 0 spiro atoms. The van der Waals surface area contributed by atoms with Gasteiger partial charge in [-0.2, -0.15) is 0 Å². The Balaban J connectivity index is 1.51. The second kappa shape index (κ2) is 11.9. The molecular weight excluding hydrogens is 490 g/mol. The second-order valence-corrected chi connectivity index (χ2v) is 9.57. The van der Waals surface area contributed by atoms with Gasteiger partial charge in [0, 0.05) is 18.1 Å². The summed E-state index contributed by atoms with van der Waals surface area (Å²) in [4.78, 5) is 35.8. The zero-order valence-corrected chi connectivity index (χ0v) is 20.9. The number of amides is 1. The predicted octanol–water partition coefficient (Wildman–Crippen LogP) is 4.36. The van der Waals surface area contributed by atoms with Crippen molar-refractivity contribution in [3.63, 3.8) is 0 Å². The number of hydrogen-bond donors (Lipinski definition) is 4. The van der Waals surface area contributed by atoms with E-state index in [9.17, 15) is 29.7 Å². The van der Waals surface area contributed by atoms with Crippen LogP contribution in [0.4, 0.5) is 0 Å². The third kappa shape index (κ3) is 6.53. The highest BCUT2D eigenvalue weighted by molar-refractivity contribution is 6.11. The van der Waals surface area contributed by atoms with E-state index < -0.39 is 17.7 Å². The van der Waals surface area contributed by atoms with Crippen LogP contribution in [0.3, 0.4) is 0 Å². The molecule has 1 amide bonds. The Kier molecular flexibility index (Phi) is 8.35. The number of carbonyl (C=O) groups excluding carboxylic acids is 2. The first-order chi connectivity index (χ1) is 18.2. The van der Waals surface area contributed by atoms with E-state index in [1.807, 2.05) is 0 Å². The summed E-state index contributed by atoms with van der Waals surface area (Å²) < 4.78 is 11.8. The molecule has 38 heavy (non-hydrogen) atoms. The van der Waals surface area contributed by atoms with E-state index >= 15 is 0 Å². The number of aliphatic hydroxyl groups excluding tert-OH is 1. The molecule has 2 aliphatic carbocycles. The molecule has 9 heteroatoms. The molecule has 2 aliphatic rings. The molecule has 0 heterocycles. The van der Waals surface area contributed by atoms with Crippen molar-refractivity contribution in [2.45, 2.75) is 57.5 Å². The highest BCUT2D eigenvalue weighted by atomic mass is 16.5. The number of ketones is 1. The minimum Gasteiger partial charge on any atom is -0.507 e. The molecular formula is C29H31NO8. The number of hydrogen-bond acceptors (Lipinski definition) is 7. The smallest absolute Gasteiger partial charge is 0.303 e. The van der Waals surface area contributed by atoms with Crippen LogP contribution < -0.4 is 15.2 Å². The minimum absolute atomic E-state index is 0.104. The summed E-state index contributed by atoms with van der Waals surface area (Å²) >= 11 is 0. The van der Waals surface area contributed by atoms with Crippen LogP contribution in [-0.2, 0) is 16.0 Å². The highest BCUT2D eigenvalue weighted by Gasteiger charge is 2.21. The maximum Gasteiger partial charge on any atom is 0.303 e. The van der Waals surface area contributed by atoms with E-state index in [2.05, 4.69) is 0 Å². The van der Waals surface area contributed by atoms with E-state index in [1.54, 1.807) is 24.3 Å². The number of carbonyl (C=O) groups is 3. The lowest BCUT2D eigenvalue weighted by Crippen LogP contribution is -2.19. The number of rotatable bonds is 11. The number of aliphatic carboxylic acids is 1. The molecule has 0 aromatic heterocycles. The first-order valence-corrected chi connectivity index (χ1v) is 12.6. The Morgan fingerprint density at radius 2 is 1.76 bits per heavy atom. The number of aromatic hydroxyl groups is 1. The number of primary amides is 1. The van der Waals surface area contributed by atoms with Crippen LogP contribution in [-0.4, -0.2) is 45.7 Å². The van der Waals surface area contributed by atoms with Gasteiger partial charge in [-0.1, -0.05) is 0 Å². The molecule has 0 saturated heterocycles. The number of phenolic OH excluding ortho intramolecular Hbond substituents is 1. The SMILES string of the molecule is NC(=O)C1=C(O)C=C(COc2ccc(C(=O)c3ccc(OC4CCCC4)cc3O)cc2CCC(=O)O)CC1. The van der Waals surface area contributed by atoms with Crippen LogP contribution in [0, 0.1) is 0 Å². The molecule has 4 rings (SSSR count). The fourth-order valence-corrected chi connectivity index (χ4v) is 4.73. The van der Waals surface area contributed by atoms with Gasteiger partial charge in [0.2, 0.25) is 5.91 Å². The molecule has 0 atom stereocenters. The number of nitrogens with two attached hydrogens (primary N) is 1. The molecule has 0 radical (unpaired) electrons. The summed E-state index contributed by atoms with van der Waals surface area (Å²) in [6.45, 7) is 0.104. The van der Waals surface area contributed by atoms with E-state index in [4.69, 9.17) is 15.2 Å². The van der Waals surface area contributed by atoms with Crippen LogP contribution in [0.15, 0.2) is 59.4 Å². The van der Waals surface area contributed by atoms with Gasteiger partial charge in [0.1, 0.15) is 29.6 Å². The Labute approximate surface area is 220 Å². The van der Waals surface area contributed by atoms with Gasteiger partial charge < -0.3 is 30.5 Å². The fraction of sp³-hybridized carbons (Fsp3) is 0.345. The van der Waals surface area contributed by atoms with Gasteiger partial charge in [0.05, 0.1) is 17.2 Å². The highest BCUT2D eigenvalue weighted by Crippen LogP contribution is 2.31. The fourth-order valence-electron chi connectivity index (χ4n) is 4.73. The van der Waals surface area contributed by atoms with Gasteiger partial charge in [-0.25, -0.2) is 0 Å². The topological polar surface area (TPSA) is 156 Å². The van der Waals surface area contributed by atoms with Gasteiger partial charge in [-0.05, 0) is 92.5 Å². The Morgan fingerprint density at radius 3 is 2.42 bits per heavy atom. The van der Waals surface area contributed by atoms with Gasteiger partial charge in [0.25, 0.3) is 0 Å². The number of phenols is 1. The second-order valence-electron chi connectivity index (χ2n) is 9.57. The van der Waals surface area contributed by atoms with Crippen LogP contribution >= 0.6 is 0 Å². The molecule has 1 saturated carbocycles. The third-order valence-corrected chi connectivity index (χ3v) is 6.81. The van der Waals surface area contributed by atoms with Crippen LogP contribution in [0.5, 0.6) is 17.2 Å². The number of carboxylic acid groups (broad SMARTS) is 1. The predicted molar refractivity (Wildman–Crippen MR) is 138 cm³/mol. The van der Waals surface area contributed by atoms with Crippen LogP contribution in [0.25, 0.3) is 0 Å². The molecule has 2 aromatic carbocycles. The number of aryl methyl sites for hydroxylation is 1. The van der Waals surface area contributed by atoms with Crippen molar-refractivity contribution in [1.82, 2.24) is 0 Å². The monoisotopic (exact) mass is 521 g/mol. The number of ether oxygens (including phenoxy) is 2. The van der Waals surface area contributed by atoms with Crippen LogP contribution in [0.2, 0.25) is 0 Å². The van der Waals surface area contributed by atoms with Gasteiger partial charge in [0.15, 0.2) is 5.78 Å². The first-order valence-electron chi connectivity index (χ1n) is 12.6. The van der Waals surface area contributed by atoms with Gasteiger partial charge >= 0.3 is 5.97 Å². The molecule has 0 bridgehead atoms. The lowest BCUT2D eigenvalue weighted by atomic mass is 9.96. The summed E-state index contributed by atoms with van der Waals surface area (Å²) in [7, 11) is 0. The van der Waals surface area contributed by atoms with Gasteiger partial charge in [-0.3, -0.25) is 14.4 Å². The van der Waals surface area contributed by atoms with E-state index in [0.717, 1.165) is 31.3 Å². The third-order valence-electron chi connectivity index (χ3n) is 6.81. The lowest BCUT2D eigenvalue weighted by molar-refractivity contribution is -0.137. The zero-order valence-electron chi connectivity index (χ0n) is 20.9. The van der Waals surface area contributed by atoms with Crippen molar-refractivity contribution >= 4 is 17.7 Å². The Morgan fingerprint density at radius 1 is 1.00 bits per heavy atom. The first kappa shape index (κ1) is 26.8. The molecule has 0 aliphatic heterocycles. The molecule has 2 aromatic rings. The lowest BCUT2D eigenvalue weighted by Gasteiger charge is -2.18. The summed E-state index contributed by atoms with van der Waals surface area (Å²) in [5.74, 6) is -1.54. The summed E-state index contributed by atoms with van der Waals surface area (Å²) in [5, 5.41) is 29.8. The van der Waals surface area contributed by atoms with Gasteiger partial charge in [-0.15, -0.1) is 0 Å². The van der Waals surface area contributed by atoms with Crippen molar-refractivity contribution in [3.8, 4) is 17.2 Å². The standard InChI is InChI=1S/C29H31NO8/c30-29(36)23-9-5-17(13-24(23)31)16-37-26-11-6-19(14-18(26)7-12-27(33)34)28(35)22-10-8-21(15-25(22)32)38-20-3-1-2-4-20/h6,8,10-11,13-15,20,31-32H,1-5,7,9,12,16H2,(H2,30,36)(H,33,34). The van der Waals surface area contributed by atoms with Crippen molar-refractivity contribution in [2.75, 3.05) is 6.61 Å². The number of benzene rings is 2. The normalized spacial score (nSPS) is 15.7. The van der Waals surface area contributed by atoms with Crippen molar-refractivity contribution in [1.29, 1.82) is 0 Å². The summed E-state index contributed by atoms with van der Waals surface area (Å²) in [5.41, 5.74) is 7.08. The summed E-state index contributed by atoms with van der Waals surface area (Å²) in [6, 6.07) is 9.36.